The molecule has 0 bridgehead atoms. The van der Waals surface area contributed by atoms with Crippen LogP contribution in [0.15, 0.2) is 18.3 Å². The van der Waals surface area contributed by atoms with E-state index in [1.54, 1.807) is 6.20 Å². The molecule has 0 saturated carbocycles. The molecule has 1 N–H and O–H groups in total. The van der Waals surface area contributed by atoms with Gasteiger partial charge in [0, 0.05) is 13.2 Å². The maximum Gasteiger partial charge on any atom is 0.180 e. The SMILES string of the molecule is CCCc1nc(-c2ncccc2CC)nc(NC)c1I. The van der Waals surface area contributed by atoms with E-state index < -0.39 is 0 Å². The first-order chi connectivity index (χ1) is 9.71. The van der Waals surface area contributed by atoms with Crippen LogP contribution in [-0.4, -0.2) is 22.0 Å². The average Bonchev–Trinajstić information content (AvgIpc) is 2.49. The predicted molar refractivity (Wildman–Crippen MR) is 90.9 cm³/mol. The Morgan fingerprint density at radius 3 is 2.70 bits per heavy atom. The molecule has 0 radical (unpaired) electrons. The normalized spacial score (nSPS) is 10.6. The van der Waals surface area contributed by atoms with E-state index in [0.29, 0.717) is 0 Å². The van der Waals surface area contributed by atoms with Gasteiger partial charge in [0.2, 0.25) is 0 Å². The number of anilines is 1. The zero-order chi connectivity index (χ0) is 14.5. The van der Waals surface area contributed by atoms with E-state index in [-0.39, 0.29) is 0 Å². The third-order valence-corrected chi connectivity index (χ3v) is 4.26. The van der Waals surface area contributed by atoms with Crippen LogP contribution >= 0.6 is 22.6 Å². The largest absolute Gasteiger partial charge is 0.372 e. The highest BCUT2D eigenvalue weighted by molar-refractivity contribution is 14.1. The fourth-order valence-electron chi connectivity index (χ4n) is 2.09. The van der Waals surface area contributed by atoms with Gasteiger partial charge in [0.1, 0.15) is 11.5 Å². The summed E-state index contributed by atoms with van der Waals surface area (Å²) in [6, 6.07) is 4.04. The van der Waals surface area contributed by atoms with E-state index in [9.17, 15) is 0 Å². The lowest BCUT2D eigenvalue weighted by Crippen LogP contribution is -2.07. The molecule has 0 amide bonds. The Morgan fingerprint density at radius 1 is 1.25 bits per heavy atom. The summed E-state index contributed by atoms with van der Waals surface area (Å²) in [5.41, 5.74) is 3.16. The van der Waals surface area contributed by atoms with Gasteiger partial charge in [-0.2, -0.15) is 0 Å². The standard InChI is InChI=1S/C15H19IN4/c1-4-7-11-12(16)14(17-3)20-15(19-11)13-10(5-2)8-6-9-18-13/h6,8-9H,4-5,7H2,1-3H3,(H,17,19,20). The molecular weight excluding hydrogens is 363 g/mol. The van der Waals surface area contributed by atoms with E-state index in [2.05, 4.69) is 57.8 Å². The lowest BCUT2D eigenvalue weighted by molar-refractivity contribution is 0.865. The summed E-state index contributed by atoms with van der Waals surface area (Å²) in [7, 11) is 1.89. The topological polar surface area (TPSA) is 50.7 Å². The summed E-state index contributed by atoms with van der Waals surface area (Å²) in [4.78, 5) is 13.8. The molecule has 2 rings (SSSR count). The summed E-state index contributed by atoms with van der Waals surface area (Å²) in [5, 5.41) is 3.16. The molecule has 2 aromatic rings. The fraction of sp³-hybridized carbons (Fsp3) is 0.400. The molecule has 2 aromatic heterocycles. The van der Waals surface area contributed by atoms with Gasteiger partial charge in [-0.25, -0.2) is 9.97 Å². The Bertz CT molecular complexity index is 598. The third kappa shape index (κ3) is 3.08. The zero-order valence-electron chi connectivity index (χ0n) is 12.1. The van der Waals surface area contributed by atoms with Crippen molar-refractivity contribution in [3.63, 3.8) is 0 Å². The minimum absolute atomic E-state index is 0.718. The van der Waals surface area contributed by atoms with Crippen LogP contribution in [0.1, 0.15) is 31.5 Å². The Labute approximate surface area is 133 Å². The van der Waals surface area contributed by atoms with Crippen molar-refractivity contribution in [2.24, 2.45) is 0 Å². The summed E-state index contributed by atoms with van der Waals surface area (Å²) in [6.07, 6.45) is 4.75. The van der Waals surface area contributed by atoms with E-state index in [4.69, 9.17) is 4.98 Å². The van der Waals surface area contributed by atoms with Gasteiger partial charge in [-0.3, -0.25) is 4.98 Å². The van der Waals surface area contributed by atoms with Gasteiger partial charge in [0.25, 0.3) is 0 Å². The van der Waals surface area contributed by atoms with E-state index in [1.807, 2.05) is 13.1 Å². The average molecular weight is 382 g/mol. The van der Waals surface area contributed by atoms with Crippen LogP contribution in [0.4, 0.5) is 5.82 Å². The highest BCUT2D eigenvalue weighted by Gasteiger charge is 2.14. The molecule has 0 aliphatic rings. The Balaban J connectivity index is 2.59. The van der Waals surface area contributed by atoms with Gasteiger partial charge in [-0.15, -0.1) is 0 Å². The quantitative estimate of drug-likeness (QED) is 0.802. The molecule has 0 unspecified atom stereocenters. The van der Waals surface area contributed by atoms with Gasteiger partial charge in [-0.05, 0) is 47.1 Å². The van der Waals surface area contributed by atoms with Crippen molar-refractivity contribution in [2.45, 2.75) is 33.1 Å². The maximum absolute atomic E-state index is 4.73. The van der Waals surface area contributed by atoms with Crippen LogP contribution in [-0.2, 0) is 12.8 Å². The van der Waals surface area contributed by atoms with Crippen molar-refractivity contribution in [2.75, 3.05) is 12.4 Å². The fourth-order valence-corrected chi connectivity index (χ4v) is 2.87. The van der Waals surface area contributed by atoms with Crippen molar-refractivity contribution in [1.82, 2.24) is 15.0 Å². The van der Waals surface area contributed by atoms with Crippen molar-refractivity contribution in [3.05, 3.63) is 33.2 Å². The van der Waals surface area contributed by atoms with Crippen molar-refractivity contribution in [1.29, 1.82) is 0 Å². The number of rotatable bonds is 5. The number of pyridine rings is 1. The van der Waals surface area contributed by atoms with Crippen LogP contribution in [0, 0.1) is 3.57 Å². The van der Waals surface area contributed by atoms with Gasteiger partial charge in [-0.1, -0.05) is 26.3 Å². The molecule has 2 heterocycles. The molecular formula is C15H19IN4. The maximum atomic E-state index is 4.73. The van der Waals surface area contributed by atoms with E-state index >= 15 is 0 Å². The highest BCUT2D eigenvalue weighted by atomic mass is 127. The first kappa shape index (κ1) is 15.2. The van der Waals surface area contributed by atoms with E-state index in [0.717, 1.165) is 45.9 Å². The zero-order valence-corrected chi connectivity index (χ0v) is 14.2. The number of aryl methyl sites for hydroxylation is 2. The molecule has 0 aliphatic carbocycles. The number of hydrogen-bond donors (Lipinski definition) is 1. The molecule has 0 atom stereocenters. The lowest BCUT2D eigenvalue weighted by Gasteiger charge is -2.12. The van der Waals surface area contributed by atoms with Crippen LogP contribution < -0.4 is 5.32 Å². The lowest BCUT2D eigenvalue weighted by atomic mass is 10.1. The number of aromatic nitrogens is 3. The van der Waals surface area contributed by atoms with E-state index in [1.165, 1.54) is 5.56 Å². The molecule has 106 valence electrons. The Kier molecular flexibility index (Phi) is 5.28. The second-order valence-electron chi connectivity index (χ2n) is 4.52. The van der Waals surface area contributed by atoms with Gasteiger partial charge >= 0.3 is 0 Å². The van der Waals surface area contributed by atoms with Gasteiger partial charge in [0.15, 0.2) is 5.82 Å². The number of halogens is 1. The first-order valence-corrected chi connectivity index (χ1v) is 7.97. The molecule has 0 aromatic carbocycles. The predicted octanol–water partition coefficient (Wildman–Crippen LogP) is 3.70. The molecule has 5 heteroatoms. The molecule has 20 heavy (non-hydrogen) atoms. The second-order valence-corrected chi connectivity index (χ2v) is 5.60. The van der Waals surface area contributed by atoms with Crippen molar-refractivity contribution in [3.8, 4) is 11.5 Å². The molecule has 0 fully saturated rings. The molecule has 0 aliphatic heterocycles. The smallest absolute Gasteiger partial charge is 0.180 e. The van der Waals surface area contributed by atoms with Crippen LogP contribution in [0.5, 0.6) is 0 Å². The number of nitrogens with zero attached hydrogens (tertiary/aromatic N) is 3. The Hall–Kier alpha value is -1.24. The minimum atomic E-state index is 0.718. The Morgan fingerprint density at radius 2 is 2.05 bits per heavy atom. The first-order valence-electron chi connectivity index (χ1n) is 6.89. The number of nitrogens with one attached hydrogen (secondary N) is 1. The van der Waals surface area contributed by atoms with Crippen LogP contribution in [0.25, 0.3) is 11.5 Å². The van der Waals surface area contributed by atoms with Crippen LogP contribution in [0.3, 0.4) is 0 Å². The third-order valence-electron chi connectivity index (χ3n) is 3.13. The minimum Gasteiger partial charge on any atom is -0.372 e. The molecule has 0 saturated heterocycles. The summed E-state index contributed by atoms with van der Waals surface area (Å²) >= 11 is 2.31. The summed E-state index contributed by atoms with van der Waals surface area (Å²) in [6.45, 7) is 4.29. The number of hydrogen-bond acceptors (Lipinski definition) is 4. The highest BCUT2D eigenvalue weighted by Crippen LogP contribution is 2.25. The molecule has 0 spiro atoms. The summed E-state index contributed by atoms with van der Waals surface area (Å²) in [5.74, 6) is 1.60. The van der Waals surface area contributed by atoms with Crippen molar-refractivity contribution >= 4 is 28.4 Å². The van der Waals surface area contributed by atoms with Gasteiger partial charge in [0.05, 0.1) is 9.26 Å². The second kappa shape index (κ2) is 6.97. The van der Waals surface area contributed by atoms with Gasteiger partial charge < -0.3 is 5.32 Å². The molecule has 4 nitrogen and oxygen atoms in total. The van der Waals surface area contributed by atoms with Crippen molar-refractivity contribution < 1.29 is 0 Å². The van der Waals surface area contributed by atoms with Crippen LogP contribution in [0.2, 0.25) is 0 Å². The monoisotopic (exact) mass is 382 g/mol. The summed E-state index contributed by atoms with van der Waals surface area (Å²) < 4.78 is 1.10.